The van der Waals surface area contributed by atoms with Crippen LogP contribution in [0.1, 0.15) is 21.5 Å². The second-order valence-corrected chi connectivity index (χ2v) is 4.61. The number of ketones is 1. The average Bonchev–Trinajstić information content (AvgIpc) is 2.53. The van der Waals surface area contributed by atoms with Gasteiger partial charge in [-0.05, 0) is 11.1 Å². The normalized spacial score (nSPS) is 11.7. The smallest absolute Gasteiger partial charge is 0.325 e. The summed E-state index contributed by atoms with van der Waals surface area (Å²) in [7, 11) is 0. The van der Waals surface area contributed by atoms with E-state index in [-0.39, 0.29) is 5.78 Å². The van der Waals surface area contributed by atoms with Gasteiger partial charge >= 0.3 is 5.97 Å². The Bertz CT molecular complexity index is 675. The molecule has 0 bridgehead atoms. The third-order valence-corrected chi connectivity index (χ3v) is 3.20. The summed E-state index contributed by atoms with van der Waals surface area (Å²) in [5.74, 6) is -1.22. The predicted molar refractivity (Wildman–Crippen MR) is 81.0 cm³/mol. The number of carboxylic acid groups (broad SMARTS) is 1. The number of rotatable bonds is 5. The maximum atomic E-state index is 12.2. The van der Waals surface area contributed by atoms with Crippen molar-refractivity contribution in [2.45, 2.75) is 6.04 Å². The molecular weight excluding hydrogens is 266 g/mol. The molecule has 0 amide bonds. The Kier molecular flexibility index (Phi) is 4.30. The molecule has 2 rings (SSSR count). The van der Waals surface area contributed by atoms with Crippen LogP contribution in [-0.2, 0) is 4.79 Å². The lowest BCUT2D eigenvalue weighted by molar-refractivity contribution is -0.137. The fourth-order valence-corrected chi connectivity index (χ4v) is 1.92. The van der Waals surface area contributed by atoms with Crippen LogP contribution in [0.5, 0.6) is 0 Å². The van der Waals surface area contributed by atoms with Gasteiger partial charge in [0.1, 0.15) is 6.04 Å². The zero-order valence-electron chi connectivity index (χ0n) is 11.3. The van der Waals surface area contributed by atoms with E-state index in [4.69, 9.17) is 10.8 Å². The van der Waals surface area contributed by atoms with Gasteiger partial charge in [-0.2, -0.15) is 0 Å². The van der Waals surface area contributed by atoms with Crippen molar-refractivity contribution in [3.63, 3.8) is 0 Å². The number of benzene rings is 2. The van der Waals surface area contributed by atoms with Crippen LogP contribution in [0.25, 0.3) is 5.57 Å². The van der Waals surface area contributed by atoms with Crippen LogP contribution >= 0.6 is 0 Å². The summed E-state index contributed by atoms with van der Waals surface area (Å²) in [5.41, 5.74) is 7.56. The van der Waals surface area contributed by atoms with Crippen LogP contribution in [0.3, 0.4) is 0 Å². The number of aliphatic carboxylic acids is 1. The molecule has 0 saturated carbocycles. The maximum absolute atomic E-state index is 12.2. The largest absolute Gasteiger partial charge is 0.480 e. The highest BCUT2D eigenvalue weighted by Gasteiger charge is 2.17. The number of carbonyl (C=O) groups is 2. The molecule has 0 heterocycles. The quantitative estimate of drug-likeness (QED) is 0.824. The Morgan fingerprint density at radius 3 is 1.90 bits per heavy atom. The molecule has 0 aliphatic heterocycles. The van der Waals surface area contributed by atoms with E-state index < -0.39 is 12.0 Å². The van der Waals surface area contributed by atoms with Gasteiger partial charge in [-0.15, -0.1) is 0 Å². The van der Waals surface area contributed by atoms with Crippen LogP contribution in [0.15, 0.2) is 61.2 Å². The van der Waals surface area contributed by atoms with Gasteiger partial charge in [-0.3, -0.25) is 9.59 Å². The number of carboxylic acids is 1. The molecule has 106 valence electrons. The lowest BCUT2D eigenvalue weighted by Gasteiger charge is -2.11. The third kappa shape index (κ3) is 3.24. The van der Waals surface area contributed by atoms with Crippen LogP contribution < -0.4 is 5.73 Å². The topological polar surface area (TPSA) is 80.4 Å². The summed E-state index contributed by atoms with van der Waals surface area (Å²) >= 11 is 0. The van der Waals surface area contributed by atoms with Crippen molar-refractivity contribution in [1.82, 2.24) is 0 Å². The van der Waals surface area contributed by atoms with E-state index in [1.807, 2.05) is 6.07 Å². The van der Waals surface area contributed by atoms with E-state index in [9.17, 15) is 9.59 Å². The molecule has 0 fully saturated rings. The molecule has 4 heteroatoms. The van der Waals surface area contributed by atoms with Gasteiger partial charge in [0, 0.05) is 11.1 Å². The Labute approximate surface area is 122 Å². The third-order valence-electron chi connectivity index (χ3n) is 3.20. The predicted octanol–water partition coefficient (Wildman–Crippen LogP) is 2.34. The van der Waals surface area contributed by atoms with Gasteiger partial charge in [0.05, 0.1) is 0 Å². The first-order valence-electron chi connectivity index (χ1n) is 6.38. The molecule has 0 unspecified atom stereocenters. The average molecular weight is 281 g/mol. The summed E-state index contributed by atoms with van der Waals surface area (Å²) in [6.07, 6.45) is 0. The molecular formula is C17H15NO3. The van der Waals surface area contributed by atoms with E-state index >= 15 is 0 Å². The first-order valence-corrected chi connectivity index (χ1v) is 6.38. The van der Waals surface area contributed by atoms with Gasteiger partial charge < -0.3 is 10.8 Å². The molecule has 4 nitrogen and oxygen atoms in total. The van der Waals surface area contributed by atoms with Crippen LogP contribution in [0, 0.1) is 0 Å². The lowest BCUT2D eigenvalue weighted by Crippen LogP contribution is -2.30. The maximum Gasteiger partial charge on any atom is 0.325 e. The summed E-state index contributed by atoms with van der Waals surface area (Å²) in [6.45, 7) is 3.69. The summed E-state index contributed by atoms with van der Waals surface area (Å²) in [6, 6.07) is 14.4. The summed E-state index contributed by atoms with van der Waals surface area (Å²) < 4.78 is 0. The Hall–Kier alpha value is -2.72. The zero-order chi connectivity index (χ0) is 15.4. The Morgan fingerprint density at radius 1 is 0.905 bits per heavy atom. The molecule has 3 N–H and O–H groups in total. The Balaban J connectivity index is 2.22. The molecule has 2 aromatic carbocycles. The fraction of sp³-hybridized carbons (Fsp3) is 0.0588. The lowest BCUT2D eigenvalue weighted by atomic mass is 9.97. The van der Waals surface area contributed by atoms with Crippen molar-refractivity contribution in [2.75, 3.05) is 0 Å². The number of hydrogen-bond acceptors (Lipinski definition) is 3. The molecule has 0 aromatic heterocycles. The SMILES string of the molecule is C=C(c1ccc(C(=O)c2ccccc2)cc1)[C@H](N)C(=O)O. The van der Waals surface area contributed by atoms with E-state index in [0.29, 0.717) is 22.3 Å². The molecule has 0 radical (unpaired) electrons. The molecule has 0 saturated heterocycles. The summed E-state index contributed by atoms with van der Waals surface area (Å²) in [5, 5.41) is 8.87. The molecule has 1 atom stereocenters. The second-order valence-electron chi connectivity index (χ2n) is 4.61. The van der Waals surface area contributed by atoms with Gasteiger partial charge in [-0.1, -0.05) is 61.2 Å². The standard InChI is InChI=1S/C17H15NO3/c1-11(15(18)17(20)21)12-7-9-14(10-8-12)16(19)13-5-3-2-4-6-13/h2-10,15H,1,18H2,(H,20,21)/t15-/m0/s1. The minimum atomic E-state index is -1.15. The van der Waals surface area contributed by atoms with Crippen molar-refractivity contribution >= 4 is 17.3 Å². The minimum Gasteiger partial charge on any atom is -0.480 e. The minimum absolute atomic E-state index is 0.0877. The number of carbonyl (C=O) groups excluding carboxylic acids is 1. The first kappa shape index (κ1) is 14.7. The molecule has 21 heavy (non-hydrogen) atoms. The number of nitrogens with two attached hydrogens (primary N) is 1. The van der Waals surface area contributed by atoms with Crippen LogP contribution in [0.2, 0.25) is 0 Å². The Morgan fingerprint density at radius 2 is 1.38 bits per heavy atom. The van der Waals surface area contributed by atoms with Gasteiger partial charge in [0.25, 0.3) is 0 Å². The van der Waals surface area contributed by atoms with Gasteiger partial charge in [0.2, 0.25) is 0 Å². The van der Waals surface area contributed by atoms with E-state index in [2.05, 4.69) is 6.58 Å². The van der Waals surface area contributed by atoms with Crippen molar-refractivity contribution in [3.05, 3.63) is 77.9 Å². The zero-order valence-corrected chi connectivity index (χ0v) is 11.3. The molecule has 2 aromatic rings. The van der Waals surface area contributed by atoms with Gasteiger partial charge in [0.15, 0.2) is 5.78 Å². The van der Waals surface area contributed by atoms with E-state index in [0.717, 1.165) is 0 Å². The van der Waals surface area contributed by atoms with Gasteiger partial charge in [-0.25, -0.2) is 0 Å². The highest BCUT2D eigenvalue weighted by Crippen LogP contribution is 2.18. The summed E-state index contributed by atoms with van der Waals surface area (Å²) in [4.78, 5) is 23.1. The molecule has 0 aliphatic rings. The second kappa shape index (κ2) is 6.15. The van der Waals surface area contributed by atoms with Crippen molar-refractivity contribution in [1.29, 1.82) is 0 Å². The van der Waals surface area contributed by atoms with Crippen LogP contribution in [-0.4, -0.2) is 22.9 Å². The van der Waals surface area contributed by atoms with Crippen molar-refractivity contribution in [3.8, 4) is 0 Å². The van der Waals surface area contributed by atoms with Crippen molar-refractivity contribution < 1.29 is 14.7 Å². The van der Waals surface area contributed by atoms with E-state index in [1.165, 1.54) is 0 Å². The van der Waals surface area contributed by atoms with Crippen molar-refractivity contribution in [2.24, 2.45) is 5.73 Å². The van der Waals surface area contributed by atoms with E-state index in [1.54, 1.807) is 48.5 Å². The van der Waals surface area contributed by atoms with Crippen LogP contribution in [0.4, 0.5) is 0 Å². The fourth-order valence-electron chi connectivity index (χ4n) is 1.92. The molecule has 0 spiro atoms. The molecule has 0 aliphatic carbocycles. The first-order chi connectivity index (χ1) is 10.0. The monoisotopic (exact) mass is 281 g/mol. The highest BCUT2D eigenvalue weighted by molar-refractivity contribution is 6.09. The number of hydrogen-bond donors (Lipinski definition) is 2. The highest BCUT2D eigenvalue weighted by atomic mass is 16.4.